The van der Waals surface area contributed by atoms with Gasteiger partial charge in [-0.2, -0.15) is 0 Å². The van der Waals surface area contributed by atoms with Gasteiger partial charge < -0.3 is 10.4 Å². The van der Waals surface area contributed by atoms with Crippen LogP contribution in [0, 0.1) is 0 Å². The van der Waals surface area contributed by atoms with Gasteiger partial charge in [0.2, 0.25) is 5.95 Å². The Kier molecular flexibility index (Phi) is 4.30. The molecule has 0 aliphatic rings. The molecule has 0 saturated carbocycles. The maximum absolute atomic E-state index is 11.2. The summed E-state index contributed by atoms with van der Waals surface area (Å²) in [6, 6.07) is 1.50. The molecule has 0 aromatic carbocycles. The minimum atomic E-state index is -0.467. The van der Waals surface area contributed by atoms with Crippen molar-refractivity contribution >= 4 is 5.95 Å². The van der Waals surface area contributed by atoms with Crippen LogP contribution < -0.4 is 10.9 Å². The van der Waals surface area contributed by atoms with E-state index in [2.05, 4.69) is 15.3 Å². The lowest BCUT2D eigenvalue weighted by Gasteiger charge is -2.08. The van der Waals surface area contributed by atoms with Gasteiger partial charge in [0.1, 0.15) is 0 Å². The topological polar surface area (TPSA) is 78.0 Å². The van der Waals surface area contributed by atoms with Crippen molar-refractivity contribution in [3.63, 3.8) is 0 Å². The first kappa shape index (κ1) is 11.7. The lowest BCUT2D eigenvalue weighted by Crippen LogP contribution is -2.20. The van der Waals surface area contributed by atoms with Crippen molar-refractivity contribution in [1.29, 1.82) is 0 Å². The molecule has 0 spiro atoms. The first-order valence-corrected chi connectivity index (χ1v) is 5.14. The van der Waals surface area contributed by atoms with E-state index in [9.17, 15) is 4.79 Å². The number of nitrogens with zero attached hydrogens (tertiary/aromatic N) is 1. The monoisotopic (exact) mass is 211 g/mol. The summed E-state index contributed by atoms with van der Waals surface area (Å²) in [6.07, 6.45) is 1.27. The second-order valence-corrected chi connectivity index (χ2v) is 3.57. The van der Waals surface area contributed by atoms with Gasteiger partial charge in [0.05, 0.1) is 6.10 Å². The van der Waals surface area contributed by atoms with Crippen molar-refractivity contribution in [3.05, 3.63) is 22.1 Å². The largest absolute Gasteiger partial charge is 0.392 e. The zero-order valence-corrected chi connectivity index (χ0v) is 9.08. The van der Waals surface area contributed by atoms with E-state index in [0.29, 0.717) is 12.5 Å². The molecule has 1 unspecified atom stereocenters. The molecular weight excluding hydrogens is 194 g/mol. The van der Waals surface area contributed by atoms with E-state index in [-0.39, 0.29) is 5.56 Å². The summed E-state index contributed by atoms with van der Waals surface area (Å²) in [6.45, 7) is 4.07. The third-order valence-corrected chi connectivity index (χ3v) is 1.87. The van der Waals surface area contributed by atoms with Gasteiger partial charge in [0.15, 0.2) is 0 Å². The van der Waals surface area contributed by atoms with Crippen LogP contribution in [0.5, 0.6) is 0 Å². The molecule has 5 nitrogen and oxygen atoms in total. The maximum Gasteiger partial charge on any atom is 0.252 e. The zero-order chi connectivity index (χ0) is 11.3. The molecule has 0 aliphatic heterocycles. The van der Waals surface area contributed by atoms with E-state index in [0.717, 1.165) is 18.5 Å². The van der Waals surface area contributed by atoms with Gasteiger partial charge in [0.25, 0.3) is 5.56 Å². The van der Waals surface area contributed by atoms with Gasteiger partial charge in [-0.15, -0.1) is 0 Å². The number of aromatic amines is 1. The third kappa shape index (κ3) is 4.12. The minimum absolute atomic E-state index is 0.165. The molecule has 0 saturated heterocycles. The van der Waals surface area contributed by atoms with Crippen LogP contribution in [-0.2, 0) is 6.42 Å². The fourth-order valence-corrected chi connectivity index (χ4v) is 1.22. The first-order chi connectivity index (χ1) is 7.11. The molecule has 5 heteroatoms. The highest BCUT2D eigenvalue weighted by Crippen LogP contribution is 2.00. The third-order valence-electron chi connectivity index (χ3n) is 1.87. The molecule has 0 aliphatic carbocycles. The second-order valence-electron chi connectivity index (χ2n) is 3.57. The molecule has 0 amide bonds. The summed E-state index contributed by atoms with van der Waals surface area (Å²) in [4.78, 5) is 18.0. The molecule has 1 rings (SSSR count). The van der Waals surface area contributed by atoms with Gasteiger partial charge in [-0.05, 0) is 13.3 Å². The number of aromatic nitrogens is 2. The van der Waals surface area contributed by atoms with Crippen LogP contribution in [0.25, 0.3) is 0 Å². The van der Waals surface area contributed by atoms with E-state index in [1.54, 1.807) is 6.92 Å². The Bertz CT molecular complexity index is 360. The van der Waals surface area contributed by atoms with Crippen LogP contribution in [-0.4, -0.2) is 27.7 Å². The highest BCUT2D eigenvalue weighted by atomic mass is 16.3. The Balaban J connectivity index is 2.75. The molecule has 0 bridgehead atoms. The van der Waals surface area contributed by atoms with Crippen molar-refractivity contribution in [2.75, 3.05) is 11.9 Å². The summed E-state index contributed by atoms with van der Waals surface area (Å²) < 4.78 is 0. The fraction of sp³-hybridized carbons (Fsp3) is 0.600. The number of H-pyrrole nitrogens is 1. The normalized spacial score (nSPS) is 12.5. The molecule has 1 aromatic heterocycles. The van der Waals surface area contributed by atoms with Gasteiger partial charge in [0, 0.05) is 18.3 Å². The quantitative estimate of drug-likeness (QED) is 0.663. The van der Waals surface area contributed by atoms with E-state index < -0.39 is 6.10 Å². The molecule has 0 radical (unpaired) electrons. The summed E-state index contributed by atoms with van der Waals surface area (Å²) in [5.41, 5.74) is 0.607. The smallest absolute Gasteiger partial charge is 0.252 e. The first-order valence-electron chi connectivity index (χ1n) is 5.14. The predicted octanol–water partition coefficient (Wildman–Crippen LogP) is 0.515. The van der Waals surface area contributed by atoms with Crippen LogP contribution in [0.15, 0.2) is 10.9 Å². The number of anilines is 1. The lowest BCUT2D eigenvalue weighted by atomic mass is 10.2. The van der Waals surface area contributed by atoms with Crippen LogP contribution in [0.1, 0.15) is 26.0 Å². The number of hydrogen-bond donors (Lipinski definition) is 3. The van der Waals surface area contributed by atoms with Gasteiger partial charge >= 0.3 is 0 Å². The van der Waals surface area contributed by atoms with Crippen LogP contribution in [0.4, 0.5) is 5.95 Å². The minimum Gasteiger partial charge on any atom is -0.392 e. The summed E-state index contributed by atoms with van der Waals surface area (Å²) in [5, 5.41) is 11.9. The number of nitrogens with one attached hydrogen (secondary N) is 2. The van der Waals surface area contributed by atoms with Crippen LogP contribution in [0.2, 0.25) is 0 Å². The molecule has 1 aromatic rings. The van der Waals surface area contributed by atoms with Crippen LogP contribution >= 0.6 is 0 Å². The Morgan fingerprint density at radius 1 is 1.67 bits per heavy atom. The van der Waals surface area contributed by atoms with Crippen molar-refractivity contribution < 1.29 is 5.11 Å². The Morgan fingerprint density at radius 3 is 3.00 bits per heavy atom. The van der Waals surface area contributed by atoms with Gasteiger partial charge in [-0.25, -0.2) is 4.98 Å². The molecule has 1 heterocycles. The number of aryl methyl sites for hydroxylation is 1. The summed E-state index contributed by atoms with van der Waals surface area (Å²) >= 11 is 0. The number of aliphatic hydroxyl groups excluding tert-OH is 1. The van der Waals surface area contributed by atoms with Gasteiger partial charge in [-0.3, -0.25) is 9.78 Å². The maximum atomic E-state index is 11.2. The van der Waals surface area contributed by atoms with Crippen LogP contribution in [0.3, 0.4) is 0 Å². The average Bonchev–Trinajstić information content (AvgIpc) is 2.14. The highest BCUT2D eigenvalue weighted by molar-refractivity contribution is 5.25. The average molecular weight is 211 g/mol. The van der Waals surface area contributed by atoms with E-state index >= 15 is 0 Å². The number of rotatable bonds is 5. The predicted molar refractivity (Wildman–Crippen MR) is 59.0 cm³/mol. The van der Waals surface area contributed by atoms with E-state index in [1.807, 2.05) is 6.92 Å². The number of hydrogen-bond acceptors (Lipinski definition) is 4. The highest BCUT2D eigenvalue weighted by Gasteiger charge is 2.01. The SMILES string of the molecule is CCCc1cc(=O)[nH]c(NCC(C)O)n1. The van der Waals surface area contributed by atoms with Crippen molar-refractivity contribution in [2.45, 2.75) is 32.8 Å². The molecule has 15 heavy (non-hydrogen) atoms. The standard InChI is InChI=1S/C10H17N3O2/c1-3-4-8-5-9(15)13-10(12-8)11-6-7(2)14/h5,7,14H,3-4,6H2,1-2H3,(H2,11,12,13,15). The molecule has 84 valence electrons. The van der Waals surface area contributed by atoms with E-state index in [4.69, 9.17) is 5.11 Å². The Labute approximate surface area is 88.6 Å². The van der Waals surface area contributed by atoms with Crippen molar-refractivity contribution in [1.82, 2.24) is 9.97 Å². The lowest BCUT2D eigenvalue weighted by molar-refractivity contribution is 0.208. The number of aliphatic hydroxyl groups is 1. The van der Waals surface area contributed by atoms with Crippen molar-refractivity contribution in [2.24, 2.45) is 0 Å². The zero-order valence-electron chi connectivity index (χ0n) is 9.08. The summed E-state index contributed by atoms with van der Waals surface area (Å²) in [7, 11) is 0. The Morgan fingerprint density at radius 2 is 2.40 bits per heavy atom. The Hall–Kier alpha value is -1.36. The van der Waals surface area contributed by atoms with Gasteiger partial charge in [-0.1, -0.05) is 13.3 Å². The molecule has 1 atom stereocenters. The molecule has 0 fully saturated rings. The molecule has 3 N–H and O–H groups in total. The molecular formula is C10H17N3O2. The second kappa shape index (κ2) is 5.50. The van der Waals surface area contributed by atoms with E-state index in [1.165, 1.54) is 6.07 Å². The summed E-state index contributed by atoms with van der Waals surface area (Å²) in [5.74, 6) is 0.423. The van der Waals surface area contributed by atoms with Crippen molar-refractivity contribution in [3.8, 4) is 0 Å². The fourth-order valence-electron chi connectivity index (χ4n) is 1.22.